The lowest BCUT2D eigenvalue weighted by molar-refractivity contribution is 0.200. The summed E-state index contributed by atoms with van der Waals surface area (Å²) in [4.78, 5) is 0. The van der Waals surface area contributed by atoms with E-state index in [2.05, 4.69) is 0 Å². The summed E-state index contributed by atoms with van der Waals surface area (Å²) in [7, 11) is -6.47. The highest BCUT2D eigenvalue weighted by atomic mass is 32.2. The van der Waals surface area contributed by atoms with Crippen LogP contribution in [0.15, 0.2) is 0 Å². The second-order valence-corrected chi connectivity index (χ2v) is 10.3. The van der Waals surface area contributed by atoms with Crippen LogP contribution in [0.3, 0.4) is 0 Å². The Hall–Kier alpha value is 0.170. The molecule has 2 heterocycles. The monoisotopic (exact) mass is 302 g/mol. The highest BCUT2D eigenvalue weighted by Crippen LogP contribution is 2.33. The highest BCUT2D eigenvalue weighted by Gasteiger charge is 2.43. The van der Waals surface area contributed by atoms with Crippen molar-refractivity contribution in [2.24, 2.45) is 0 Å². The van der Waals surface area contributed by atoms with Crippen LogP contribution < -0.4 is 0 Å². The zero-order chi connectivity index (χ0) is 12.8. The third-order valence-electron chi connectivity index (χ3n) is 2.89. The summed E-state index contributed by atoms with van der Waals surface area (Å²) in [5.74, 6) is -0.856. The molecule has 2 N–H and O–H groups in total. The van der Waals surface area contributed by atoms with Crippen LogP contribution >= 0.6 is 11.8 Å². The third kappa shape index (κ3) is 3.14. The van der Waals surface area contributed by atoms with Gasteiger partial charge < -0.3 is 10.2 Å². The van der Waals surface area contributed by atoms with Crippen LogP contribution in [0, 0.1) is 0 Å². The molecule has 2 aliphatic heterocycles. The maximum atomic E-state index is 11.3. The number of sulfone groups is 2. The first-order valence-electron chi connectivity index (χ1n) is 5.11. The number of aliphatic hydroxyl groups excluding tert-OH is 2. The molecule has 2 saturated heterocycles. The Morgan fingerprint density at radius 3 is 1.35 bits per heavy atom. The molecule has 0 aliphatic carbocycles. The molecule has 9 heteroatoms. The average Bonchev–Trinajstić information content (AvgIpc) is 2.50. The smallest absolute Gasteiger partial charge is 0.154 e. The lowest BCUT2D eigenvalue weighted by atomic mass is 10.3. The fraction of sp³-hybridized carbons (Fsp3) is 1.00. The van der Waals surface area contributed by atoms with Gasteiger partial charge in [-0.15, -0.1) is 11.8 Å². The summed E-state index contributed by atoms with van der Waals surface area (Å²) in [6, 6.07) is 0. The van der Waals surface area contributed by atoms with Gasteiger partial charge in [0, 0.05) is 10.5 Å². The van der Waals surface area contributed by atoms with Gasteiger partial charge in [-0.05, 0) is 0 Å². The van der Waals surface area contributed by atoms with Crippen molar-refractivity contribution in [3.8, 4) is 0 Å². The van der Waals surface area contributed by atoms with E-state index in [9.17, 15) is 27.0 Å². The molecular weight excluding hydrogens is 288 g/mol. The van der Waals surface area contributed by atoms with Crippen LogP contribution in [0.4, 0.5) is 0 Å². The van der Waals surface area contributed by atoms with Crippen molar-refractivity contribution >= 4 is 31.4 Å². The van der Waals surface area contributed by atoms with Crippen molar-refractivity contribution < 1.29 is 27.0 Å². The Bertz CT molecular complexity index is 449. The van der Waals surface area contributed by atoms with Gasteiger partial charge in [0.05, 0.1) is 35.2 Å². The molecule has 2 aliphatic rings. The van der Waals surface area contributed by atoms with Crippen molar-refractivity contribution in [3.05, 3.63) is 0 Å². The van der Waals surface area contributed by atoms with Crippen molar-refractivity contribution in [3.63, 3.8) is 0 Å². The highest BCUT2D eigenvalue weighted by molar-refractivity contribution is 8.03. The van der Waals surface area contributed by atoms with Gasteiger partial charge >= 0.3 is 0 Å². The second kappa shape index (κ2) is 4.37. The van der Waals surface area contributed by atoms with Crippen molar-refractivity contribution in [2.75, 3.05) is 23.0 Å². The molecule has 0 aromatic heterocycles. The van der Waals surface area contributed by atoms with Crippen LogP contribution in [0.1, 0.15) is 0 Å². The third-order valence-corrected chi connectivity index (χ3v) is 8.41. The summed E-state index contributed by atoms with van der Waals surface area (Å²) in [6.45, 7) is 0. The Morgan fingerprint density at radius 2 is 1.12 bits per heavy atom. The predicted octanol–water partition coefficient (Wildman–Crippen LogP) is -1.96. The number of aliphatic hydroxyl groups is 2. The van der Waals surface area contributed by atoms with Gasteiger partial charge in [0.1, 0.15) is 0 Å². The molecule has 0 bridgehead atoms. The van der Waals surface area contributed by atoms with Gasteiger partial charge in [-0.25, -0.2) is 16.8 Å². The van der Waals surface area contributed by atoms with E-state index in [0.29, 0.717) is 0 Å². The number of hydrogen-bond donors (Lipinski definition) is 2. The van der Waals surface area contributed by atoms with E-state index in [1.54, 1.807) is 0 Å². The Morgan fingerprint density at radius 1 is 0.765 bits per heavy atom. The summed E-state index contributed by atoms with van der Waals surface area (Å²) in [6.07, 6.45) is -1.94. The maximum Gasteiger partial charge on any atom is 0.154 e. The van der Waals surface area contributed by atoms with Crippen LogP contribution in [-0.4, -0.2) is 72.8 Å². The summed E-state index contributed by atoms with van der Waals surface area (Å²) in [5.41, 5.74) is 0. The summed E-state index contributed by atoms with van der Waals surface area (Å²) >= 11 is 1.08. The van der Waals surface area contributed by atoms with Gasteiger partial charge in [0.25, 0.3) is 0 Å². The average molecular weight is 302 g/mol. The molecule has 17 heavy (non-hydrogen) atoms. The molecule has 6 nitrogen and oxygen atoms in total. The van der Waals surface area contributed by atoms with E-state index in [1.807, 2.05) is 0 Å². The summed E-state index contributed by atoms with van der Waals surface area (Å²) < 4.78 is 45.1. The Kier molecular flexibility index (Phi) is 3.50. The first-order chi connectivity index (χ1) is 7.69. The van der Waals surface area contributed by atoms with E-state index < -0.39 is 42.4 Å². The van der Waals surface area contributed by atoms with E-state index in [0.717, 1.165) is 11.8 Å². The first kappa shape index (κ1) is 13.6. The quantitative estimate of drug-likeness (QED) is 0.609. The molecule has 100 valence electrons. The van der Waals surface area contributed by atoms with Gasteiger partial charge in [-0.3, -0.25) is 0 Å². The Labute approximate surface area is 104 Å². The van der Waals surface area contributed by atoms with E-state index in [-0.39, 0.29) is 23.0 Å². The van der Waals surface area contributed by atoms with E-state index >= 15 is 0 Å². The molecule has 0 unspecified atom stereocenters. The maximum absolute atomic E-state index is 11.3. The summed E-state index contributed by atoms with van der Waals surface area (Å²) in [5, 5.41) is 18.1. The molecule has 2 rings (SSSR count). The van der Waals surface area contributed by atoms with Crippen LogP contribution in [-0.2, 0) is 19.7 Å². The molecule has 2 fully saturated rings. The molecular formula is C8H14O6S3. The normalized spacial score (nSPS) is 43.9. The van der Waals surface area contributed by atoms with Crippen molar-refractivity contribution in [2.45, 2.75) is 22.7 Å². The zero-order valence-corrected chi connectivity index (χ0v) is 11.3. The molecule has 0 amide bonds. The minimum absolute atomic E-state index is 0.151. The molecule has 4 atom stereocenters. The SMILES string of the molecule is O=S1(=O)C[C@H](S[C@@H]2CS(=O)(=O)C[C@@H]2O)[C@@H](O)C1. The molecule has 0 aromatic rings. The minimum Gasteiger partial charge on any atom is -0.391 e. The molecule has 0 spiro atoms. The second-order valence-electron chi connectivity index (χ2n) is 4.50. The van der Waals surface area contributed by atoms with Crippen molar-refractivity contribution in [1.29, 1.82) is 0 Å². The van der Waals surface area contributed by atoms with Crippen LogP contribution in [0.25, 0.3) is 0 Å². The van der Waals surface area contributed by atoms with Gasteiger partial charge in [0.2, 0.25) is 0 Å². The van der Waals surface area contributed by atoms with Crippen LogP contribution in [0.2, 0.25) is 0 Å². The minimum atomic E-state index is -3.23. The lowest BCUT2D eigenvalue weighted by Gasteiger charge is -2.18. The topological polar surface area (TPSA) is 109 Å². The van der Waals surface area contributed by atoms with E-state index in [1.165, 1.54) is 0 Å². The fourth-order valence-corrected chi connectivity index (χ4v) is 8.42. The number of hydrogen-bond acceptors (Lipinski definition) is 7. The standard InChI is InChI=1S/C8H14O6S3/c9-5-1-16(11,12)3-7(5)15-8-4-17(13,14)2-6(8)10/h5-10H,1-4H2/t5-,6-,7-,8+/m0/s1. The van der Waals surface area contributed by atoms with Gasteiger partial charge in [0.15, 0.2) is 19.7 Å². The van der Waals surface area contributed by atoms with Crippen LogP contribution in [0.5, 0.6) is 0 Å². The molecule has 0 aromatic carbocycles. The largest absolute Gasteiger partial charge is 0.391 e. The lowest BCUT2D eigenvalue weighted by Crippen LogP contribution is -2.28. The van der Waals surface area contributed by atoms with Gasteiger partial charge in [-0.2, -0.15) is 0 Å². The molecule has 0 radical (unpaired) electrons. The number of thioether (sulfide) groups is 1. The fourth-order valence-electron chi connectivity index (χ4n) is 2.08. The molecule has 0 saturated carbocycles. The van der Waals surface area contributed by atoms with Gasteiger partial charge in [-0.1, -0.05) is 0 Å². The Balaban J connectivity index is 2.04. The zero-order valence-electron chi connectivity index (χ0n) is 8.89. The predicted molar refractivity (Wildman–Crippen MR) is 64.5 cm³/mol. The van der Waals surface area contributed by atoms with Crippen molar-refractivity contribution in [1.82, 2.24) is 0 Å². The first-order valence-corrected chi connectivity index (χ1v) is 9.69. The van der Waals surface area contributed by atoms with E-state index in [4.69, 9.17) is 0 Å². The number of rotatable bonds is 2.